The van der Waals surface area contributed by atoms with Crippen molar-refractivity contribution in [3.63, 3.8) is 0 Å². The molecule has 1 N–H and O–H groups in total. The first-order valence-corrected chi connectivity index (χ1v) is 8.72. The molecular weight excluding hydrogens is 458 g/mol. The van der Waals surface area contributed by atoms with Crippen molar-refractivity contribution in [3.8, 4) is 5.75 Å². The van der Waals surface area contributed by atoms with Gasteiger partial charge in [0.15, 0.2) is 0 Å². The second-order valence-corrected chi connectivity index (χ2v) is 8.21. The maximum atomic E-state index is 5.42. The second-order valence-electron chi connectivity index (χ2n) is 3.99. The van der Waals surface area contributed by atoms with Gasteiger partial charge in [-0.1, -0.05) is 15.9 Å². The van der Waals surface area contributed by atoms with Crippen molar-refractivity contribution in [2.24, 2.45) is 0 Å². The van der Waals surface area contributed by atoms with Gasteiger partial charge in [-0.3, -0.25) is 0 Å². The first kappa shape index (κ1) is 15.4. The molecule has 102 valence electrons. The van der Waals surface area contributed by atoms with E-state index in [-0.39, 0.29) is 0 Å². The molecule has 2 rings (SSSR count). The van der Waals surface area contributed by atoms with Crippen molar-refractivity contribution in [3.05, 3.63) is 41.4 Å². The van der Waals surface area contributed by atoms with E-state index >= 15 is 0 Å². The summed E-state index contributed by atoms with van der Waals surface area (Å²) in [5.41, 5.74) is 2.19. The Morgan fingerprint density at radius 3 is 2.53 bits per heavy atom. The van der Waals surface area contributed by atoms with Crippen LogP contribution < -0.4 is 10.1 Å². The fourth-order valence-corrected chi connectivity index (χ4v) is 4.42. The molecule has 6 heteroatoms. The van der Waals surface area contributed by atoms with Crippen LogP contribution in [0.3, 0.4) is 0 Å². The molecule has 0 radical (unpaired) electrons. The lowest BCUT2D eigenvalue weighted by Gasteiger charge is -2.14. The maximum absolute atomic E-state index is 5.42. The van der Waals surface area contributed by atoms with E-state index in [1.807, 2.05) is 6.07 Å². The lowest BCUT2D eigenvalue weighted by atomic mass is 10.2. The van der Waals surface area contributed by atoms with Crippen molar-refractivity contribution in [2.75, 3.05) is 12.4 Å². The van der Waals surface area contributed by atoms with Gasteiger partial charge in [0.25, 0.3) is 0 Å². The summed E-state index contributed by atoms with van der Waals surface area (Å²) in [6.07, 6.45) is 0. The van der Waals surface area contributed by atoms with Crippen molar-refractivity contribution >= 4 is 64.8 Å². The average molecular weight is 470 g/mol. The van der Waals surface area contributed by atoms with Gasteiger partial charge in [-0.15, -0.1) is 11.3 Å². The van der Waals surface area contributed by atoms with Crippen LogP contribution in [-0.2, 0) is 6.54 Å². The number of ether oxygens (including phenoxy) is 1. The Morgan fingerprint density at radius 2 is 1.95 bits per heavy atom. The SMILES string of the molecule is COc1cc(Br)cc(C)c1NCc1cc(Br)c(Br)s1. The second kappa shape index (κ2) is 6.61. The number of hydrogen-bond donors (Lipinski definition) is 1. The minimum absolute atomic E-state index is 0.772. The van der Waals surface area contributed by atoms with Crippen LogP contribution in [0.15, 0.2) is 30.9 Å². The molecule has 1 aromatic carbocycles. The molecule has 0 saturated carbocycles. The van der Waals surface area contributed by atoms with Gasteiger partial charge in [0.2, 0.25) is 0 Å². The lowest BCUT2D eigenvalue weighted by molar-refractivity contribution is 0.416. The molecule has 0 spiro atoms. The van der Waals surface area contributed by atoms with E-state index < -0.39 is 0 Å². The molecule has 19 heavy (non-hydrogen) atoms. The predicted molar refractivity (Wildman–Crippen MR) is 92.5 cm³/mol. The number of methoxy groups -OCH3 is 1. The average Bonchev–Trinajstić information content (AvgIpc) is 2.66. The topological polar surface area (TPSA) is 21.3 Å². The van der Waals surface area contributed by atoms with Crippen LogP contribution in [0.25, 0.3) is 0 Å². The number of aryl methyl sites for hydroxylation is 1. The molecule has 0 atom stereocenters. The Bertz CT molecular complexity index is 578. The third kappa shape index (κ3) is 3.74. The molecule has 0 saturated heterocycles. The van der Waals surface area contributed by atoms with Gasteiger partial charge in [-0.05, 0) is 62.5 Å². The molecule has 2 aromatic rings. The van der Waals surface area contributed by atoms with E-state index in [4.69, 9.17) is 4.74 Å². The lowest BCUT2D eigenvalue weighted by Crippen LogP contribution is -2.02. The number of thiophene rings is 1. The van der Waals surface area contributed by atoms with Crippen molar-refractivity contribution in [2.45, 2.75) is 13.5 Å². The zero-order valence-corrected chi connectivity index (χ0v) is 16.0. The van der Waals surface area contributed by atoms with E-state index in [1.54, 1.807) is 18.4 Å². The molecule has 0 aliphatic carbocycles. The summed E-state index contributed by atoms with van der Waals surface area (Å²) in [5.74, 6) is 0.849. The van der Waals surface area contributed by atoms with E-state index in [0.29, 0.717) is 0 Å². The molecule has 0 aliphatic heterocycles. The normalized spacial score (nSPS) is 10.6. The first-order valence-electron chi connectivity index (χ1n) is 5.53. The minimum Gasteiger partial charge on any atom is -0.495 e. The summed E-state index contributed by atoms with van der Waals surface area (Å²) >= 11 is 12.2. The van der Waals surface area contributed by atoms with Crippen molar-refractivity contribution in [1.29, 1.82) is 0 Å². The summed E-state index contributed by atoms with van der Waals surface area (Å²) < 4.78 is 8.65. The molecule has 0 amide bonds. The first-order chi connectivity index (χ1) is 9.01. The molecule has 0 aliphatic rings. The highest BCUT2D eigenvalue weighted by Gasteiger charge is 2.09. The van der Waals surface area contributed by atoms with Crippen molar-refractivity contribution < 1.29 is 4.74 Å². The van der Waals surface area contributed by atoms with Crippen LogP contribution in [-0.4, -0.2) is 7.11 Å². The standard InChI is InChI=1S/C13H12Br3NOS/c1-7-3-8(14)4-11(18-2)12(7)17-6-9-5-10(15)13(16)19-9/h3-5,17H,6H2,1-2H3. The third-order valence-corrected chi connectivity index (χ3v) is 6.33. The fourth-order valence-electron chi connectivity index (χ4n) is 1.75. The molecule has 2 nitrogen and oxygen atoms in total. The van der Waals surface area contributed by atoms with Crippen LogP contribution in [0.1, 0.15) is 10.4 Å². The summed E-state index contributed by atoms with van der Waals surface area (Å²) in [6, 6.07) is 6.16. The summed E-state index contributed by atoms with van der Waals surface area (Å²) in [4.78, 5) is 1.25. The Labute approximate surface area is 141 Å². The minimum atomic E-state index is 0.772. The quantitative estimate of drug-likeness (QED) is 0.596. The fraction of sp³-hybridized carbons (Fsp3) is 0.231. The highest BCUT2D eigenvalue weighted by atomic mass is 79.9. The van der Waals surface area contributed by atoms with Gasteiger partial charge in [-0.25, -0.2) is 0 Å². The van der Waals surface area contributed by atoms with E-state index in [1.165, 1.54) is 4.88 Å². The Hall–Kier alpha value is -0.0400. The Balaban J connectivity index is 2.19. The van der Waals surface area contributed by atoms with Gasteiger partial charge >= 0.3 is 0 Å². The summed E-state index contributed by atoms with van der Waals surface area (Å²) in [5, 5.41) is 3.44. The zero-order valence-electron chi connectivity index (χ0n) is 10.4. The Kier molecular flexibility index (Phi) is 5.34. The number of halogens is 3. The van der Waals surface area contributed by atoms with Gasteiger partial charge < -0.3 is 10.1 Å². The van der Waals surface area contributed by atoms with Gasteiger partial charge in [0, 0.05) is 20.4 Å². The number of hydrogen-bond acceptors (Lipinski definition) is 3. The number of anilines is 1. The monoisotopic (exact) mass is 467 g/mol. The molecule has 0 unspecified atom stereocenters. The summed E-state index contributed by atoms with van der Waals surface area (Å²) in [6.45, 7) is 2.84. The molecule has 0 bridgehead atoms. The van der Waals surface area contributed by atoms with Gasteiger partial charge in [-0.2, -0.15) is 0 Å². The van der Waals surface area contributed by atoms with Crippen LogP contribution in [0, 0.1) is 6.92 Å². The number of nitrogens with one attached hydrogen (secondary N) is 1. The van der Waals surface area contributed by atoms with Crippen molar-refractivity contribution in [1.82, 2.24) is 0 Å². The Morgan fingerprint density at radius 1 is 1.21 bits per heavy atom. The molecule has 0 fully saturated rings. The molecular formula is C13H12Br3NOS. The van der Waals surface area contributed by atoms with Crippen LogP contribution >= 0.6 is 59.1 Å². The highest BCUT2D eigenvalue weighted by Crippen LogP contribution is 2.35. The van der Waals surface area contributed by atoms with Crippen LogP contribution in [0.5, 0.6) is 5.75 Å². The number of benzene rings is 1. The highest BCUT2D eigenvalue weighted by molar-refractivity contribution is 9.13. The van der Waals surface area contributed by atoms with E-state index in [0.717, 1.165) is 36.3 Å². The van der Waals surface area contributed by atoms with Gasteiger partial charge in [0.05, 0.1) is 16.6 Å². The molecule has 1 heterocycles. The predicted octanol–water partition coefficient (Wildman–Crippen LogP) is 5.96. The summed E-state index contributed by atoms with van der Waals surface area (Å²) in [7, 11) is 1.69. The smallest absolute Gasteiger partial charge is 0.143 e. The number of rotatable bonds is 4. The maximum Gasteiger partial charge on any atom is 0.143 e. The van der Waals surface area contributed by atoms with Crippen LogP contribution in [0.2, 0.25) is 0 Å². The van der Waals surface area contributed by atoms with E-state index in [2.05, 4.69) is 72.2 Å². The van der Waals surface area contributed by atoms with Crippen LogP contribution in [0.4, 0.5) is 5.69 Å². The van der Waals surface area contributed by atoms with E-state index in [9.17, 15) is 0 Å². The largest absolute Gasteiger partial charge is 0.495 e. The zero-order chi connectivity index (χ0) is 14.0. The molecule has 1 aromatic heterocycles. The van der Waals surface area contributed by atoms with Gasteiger partial charge in [0.1, 0.15) is 5.75 Å². The third-order valence-electron chi connectivity index (χ3n) is 2.62.